The maximum Gasteiger partial charge on any atom is 0.337 e. The van der Waals surface area contributed by atoms with Crippen molar-refractivity contribution in [2.75, 3.05) is 17.7 Å². The number of benzene rings is 2. The summed E-state index contributed by atoms with van der Waals surface area (Å²) >= 11 is 5.83. The highest BCUT2D eigenvalue weighted by molar-refractivity contribution is 6.30. The highest BCUT2D eigenvalue weighted by Gasteiger charge is 2.10. The number of anilines is 3. The summed E-state index contributed by atoms with van der Waals surface area (Å²) in [5, 5.41) is 6.34. The first-order valence-electron chi connectivity index (χ1n) is 7.89. The standard InChI is InChI=1S/C19H15ClN4O3/c1-27-19(26)12-3-2-4-15(9-12)23-17-10-16(21-11-22-17)18(25)24-14-7-5-13(20)6-8-14/h2-11H,1H3,(H,24,25)(H,21,22,23). The van der Waals surface area contributed by atoms with Gasteiger partial charge in [-0.1, -0.05) is 17.7 Å². The molecule has 1 aromatic heterocycles. The van der Waals surface area contributed by atoms with Crippen molar-refractivity contribution in [1.82, 2.24) is 9.97 Å². The zero-order valence-corrected chi connectivity index (χ0v) is 15.0. The van der Waals surface area contributed by atoms with E-state index < -0.39 is 5.97 Å². The van der Waals surface area contributed by atoms with Crippen LogP contribution in [0.15, 0.2) is 60.9 Å². The number of aromatic nitrogens is 2. The molecule has 0 fully saturated rings. The van der Waals surface area contributed by atoms with Crippen molar-refractivity contribution in [2.24, 2.45) is 0 Å². The van der Waals surface area contributed by atoms with Crippen LogP contribution in [0.4, 0.5) is 17.2 Å². The molecule has 2 N–H and O–H groups in total. The Balaban J connectivity index is 1.74. The minimum atomic E-state index is -0.440. The van der Waals surface area contributed by atoms with Gasteiger partial charge >= 0.3 is 5.97 Å². The molecule has 3 rings (SSSR count). The molecule has 0 radical (unpaired) electrons. The van der Waals surface area contributed by atoms with Gasteiger partial charge in [-0.15, -0.1) is 0 Å². The fraction of sp³-hybridized carbons (Fsp3) is 0.0526. The number of nitrogens with zero attached hydrogens (tertiary/aromatic N) is 2. The number of amides is 1. The highest BCUT2D eigenvalue weighted by atomic mass is 35.5. The number of halogens is 1. The van der Waals surface area contributed by atoms with Gasteiger partial charge in [0.15, 0.2) is 0 Å². The summed E-state index contributed by atoms with van der Waals surface area (Å²) in [5.41, 5.74) is 1.81. The molecule has 0 saturated heterocycles. The molecule has 2 aromatic carbocycles. The van der Waals surface area contributed by atoms with E-state index in [-0.39, 0.29) is 11.6 Å². The number of methoxy groups -OCH3 is 1. The van der Waals surface area contributed by atoms with E-state index in [9.17, 15) is 9.59 Å². The van der Waals surface area contributed by atoms with Gasteiger partial charge in [0.1, 0.15) is 17.8 Å². The predicted molar refractivity (Wildman–Crippen MR) is 103 cm³/mol. The van der Waals surface area contributed by atoms with Gasteiger partial charge in [-0.25, -0.2) is 14.8 Å². The Kier molecular flexibility index (Phi) is 5.63. The van der Waals surface area contributed by atoms with E-state index in [1.165, 1.54) is 19.5 Å². The maximum atomic E-state index is 12.4. The predicted octanol–water partition coefficient (Wildman–Crippen LogP) is 3.91. The minimum absolute atomic E-state index is 0.187. The zero-order chi connectivity index (χ0) is 19.2. The summed E-state index contributed by atoms with van der Waals surface area (Å²) in [4.78, 5) is 32.1. The molecule has 8 heteroatoms. The maximum absolute atomic E-state index is 12.4. The zero-order valence-electron chi connectivity index (χ0n) is 14.3. The molecule has 0 aliphatic carbocycles. The molecular formula is C19H15ClN4O3. The Morgan fingerprint density at radius 1 is 1.00 bits per heavy atom. The number of hydrogen-bond donors (Lipinski definition) is 2. The second kappa shape index (κ2) is 8.29. The summed E-state index contributed by atoms with van der Waals surface area (Å²) < 4.78 is 4.70. The molecule has 7 nitrogen and oxygen atoms in total. The number of ether oxygens (including phenoxy) is 1. The van der Waals surface area contributed by atoms with Crippen LogP contribution in [0.3, 0.4) is 0 Å². The molecule has 0 spiro atoms. The molecule has 0 aliphatic rings. The van der Waals surface area contributed by atoms with E-state index in [1.807, 2.05) is 0 Å². The third-order valence-electron chi connectivity index (χ3n) is 3.56. The van der Waals surface area contributed by atoms with Gasteiger partial charge < -0.3 is 15.4 Å². The molecule has 3 aromatic rings. The molecule has 0 aliphatic heterocycles. The van der Waals surface area contributed by atoms with Gasteiger partial charge in [0.05, 0.1) is 12.7 Å². The largest absolute Gasteiger partial charge is 0.465 e. The third-order valence-corrected chi connectivity index (χ3v) is 3.81. The van der Waals surface area contributed by atoms with E-state index in [4.69, 9.17) is 16.3 Å². The van der Waals surface area contributed by atoms with Gasteiger partial charge in [0.25, 0.3) is 5.91 Å². The van der Waals surface area contributed by atoms with E-state index in [0.717, 1.165) is 0 Å². The van der Waals surface area contributed by atoms with Crippen molar-refractivity contribution >= 4 is 40.7 Å². The fourth-order valence-corrected chi connectivity index (χ4v) is 2.39. The van der Waals surface area contributed by atoms with Gasteiger partial charge in [-0.2, -0.15) is 0 Å². The Labute approximate surface area is 160 Å². The van der Waals surface area contributed by atoms with Gasteiger partial charge in [0.2, 0.25) is 0 Å². The minimum Gasteiger partial charge on any atom is -0.465 e. The lowest BCUT2D eigenvalue weighted by Crippen LogP contribution is -2.14. The second-order valence-corrected chi connectivity index (χ2v) is 5.88. The molecule has 136 valence electrons. The average Bonchev–Trinajstić information content (AvgIpc) is 2.69. The summed E-state index contributed by atoms with van der Waals surface area (Å²) in [6.45, 7) is 0. The van der Waals surface area contributed by atoms with Crippen LogP contribution in [0.5, 0.6) is 0 Å². The number of carbonyl (C=O) groups is 2. The number of hydrogen-bond acceptors (Lipinski definition) is 6. The number of carbonyl (C=O) groups excluding carboxylic acids is 2. The Morgan fingerprint density at radius 3 is 2.52 bits per heavy atom. The van der Waals surface area contributed by atoms with Gasteiger partial charge in [-0.3, -0.25) is 4.79 Å². The normalized spacial score (nSPS) is 10.1. The third kappa shape index (κ3) is 4.80. The van der Waals surface area contributed by atoms with Crippen LogP contribution in [0, 0.1) is 0 Å². The monoisotopic (exact) mass is 382 g/mol. The Morgan fingerprint density at radius 2 is 1.78 bits per heavy atom. The molecule has 0 saturated carbocycles. The first-order valence-corrected chi connectivity index (χ1v) is 8.27. The SMILES string of the molecule is COC(=O)c1cccc(Nc2cc(C(=O)Nc3ccc(Cl)cc3)ncn2)c1. The van der Waals surface area contributed by atoms with Crippen molar-refractivity contribution in [2.45, 2.75) is 0 Å². The van der Waals surface area contributed by atoms with Gasteiger partial charge in [-0.05, 0) is 42.5 Å². The van der Waals surface area contributed by atoms with Crippen molar-refractivity contribution in [1.29, 1.82) is 0 Å². The summed E-state index contributed by atoms with van der Waals surface area (Å²) in [6.07, 6.45) is 1.28. The Hall–Kier alpha value is -3.45. The van der Waals surface area contributed by atoms with Gasteiger partial charge in [0, 0.05) is 22.5 Å². The smallest absolute Gasteiger partial charge is 0.337 e. The molecule has 1 amide bonds. The van der Waals surface area contributed by atoms with Crippen LogP contribution in [0.25, 0.3) is 0 Å². The van der Waals surface area contributed by atoms with Crippen molar-refractivity contribution in [3.63, 3.8) is 0 Å². The van der Waals surface area contributed by atoms with Crippen LogP contribution >= 0.6 is 11.6 Å². The Bertz CT molecular complexity index is 977. The van der Waals surface area contributed by atoms with Crippen molar-refractivity contribution in [3.05, 3.63) is 77.2 Å². The molecule has 0 unspecified atom stereocenters. The molecular weight excluding hydrogens is 368 g/mol. The fourth-order valence-electron chi connectivity index (χ4n) is 2.27. The first kappa shape index (κ1) is 18.3. The van der Waals surface area contributed by atoms with Crippen LogP contribution in [-0.2, 0) is 4.74 Å². The quantitative estimate of drug-likeness (QED) is 0.650. The first-order chi connectivity index (χ1) is 13.0. The topological polar surface area (TPSA) is 93.2 Å². The van der Waals surface area contributed by atoms with Crippen molar-refractivity contribution in [3.8, 4) is 0 Å². The van der Waals surface area contributed by atoms with E-state index in [0.29, 0.717) is 27.8 Å². The lowest BCUT2D eigenvalue weighted by atomic mass is 10.2. The van der Waals surface area contributed by atoms with Crippen LogP contribution in [0.2, 0.25) is 5.02 Å². The van der Waals surface area contributed by atoms with Crippen molar-refractivity contribution < 1.29 is 14.3 Å². The van der Waals surface area contributed by atoms with E-state index in [1.54, 1.807) is 48.5 Å². The average molecular weight is 383 g/mol. The summed E-state index contributed by atoms with van der Waals surface area (Å²) in [6, 6.07) is 15.0. The lowest BCUT2D eigenvalue weighted by molar-refractivity contribution is 0.0600. The summed E-state index contributed by atoms with van der Waals surface area (Å²) in [7, 11) is 1.32. The molecule has 0 atom stereocenters. The number of esters is 1. The van der Waals surface area contributed by atoms with Crippen LogP contribution in [0.1, 0.15) is 20.8 Å². The van der Waals surface area contributed by atoms with E-state index in [2.05, 4.69) is 20.6 Å². The molecule has 0 bridgehead atoms. The second-order valence-electron chi connectivity index (χ2n) is 5.45. The van der Waals surface area contributed by atoms with E-state index >= 15 is 0 Å². The summed E-state index contributed by atoms with van der Waals surface area (Å²) in [5.74, 6) is -0.413. The van der Waals surface area contributed by atoms with Crippen LogP contribution in [-0.4, -0.2) is 29.0 Å². The molecule has 27 heavy (non-hydrogen) atoms. The highest BCUT2D eigenvalue weighted by Crippen LogP contribution is 2.18. The lowest BCUT2D eigenvalue weighted by Gasteiger charge is -2.09. The number of nitrogens with one attached hydrogen (secondary N) is 2. The molecule has 1 heterocycles. The van der Waals surface area contributed by atoms with Crippen LogP contribution < -0.4 is 10.6 Å². The number of rotatable bonds is 5.